The number of nitrogens with one attached hydrogen (secondary N) is 2. The van der Waals surface area contributed by atoms with Gasteiger partial charge in [0.1, 0.15) is 6.61 Å². The number of hydrogen-bond acceptors (Lipinski definition) is 4. The SMILES string of the molecule is CCC[C@H](CC(=O)O)NC(=O)C1(CNC(=O)OCC2c3ccccc3-c3ccccc32)CCC1. The number of rotatable bonds is 10. The zero-order chi connectivity index (χ0) is 24.1. The van der Waals surface area contributed by atoms with E-state index in [1.165, 1.54) is 11.1 Å². The average Bonchev–Trinajstić information content (AvgIpc) is 3.10. The van der Waals surface area contributed by atoms with E-state index in [2.05, 4.69) is 34.9 Å². The van der Waals surface area contributed by atoms with Crippen LogP contribution >= 0.6 is 0 Å². The third-order valence-corrected chi connectivity index (χ3v) is 7.10. The van der Waals surface area contributed by atoms with Crippen molar-refractivity contribution in [3.8, 4) is 11.1 Å². The fourth-order valence-electron chi connectivity index (χ4n) is 5.10. The van der Waals surface area contributed by atoms with Gasteiger partial charge in [-0.15, -0.1) is 0 Å². The van der Waals surface area contributed by atoms with Crippen LogP contribution in [0.2, 0.25) is 0 Å². The summed E-state index contributed by atoms with van der Waals surface area (Å²) in [4.78, 5) is 36.7. The highest BCUT2D eigenvalue weighted by atomic mass is 16.5. The minimum atomic E-state index is -0.932. The summed E-state index contributed by atoms with van der Waals surface area (Å²) in [5.41, 5.74) is 3.93. The summed E-state index contributed by atoms with van der Waals surface area (Å²) >= 11 is 0. The van der Waals surface area contributed by atoms with Gasteiger partial charge < -0.3 is 20.5 Å². The van der Waals surface area contributed by atoms with Crippen LogP contribution in [0.25, 0.3) is 11.1 Å². The van der Waals surface area contributed by atoms with Gasteiger partial charge in [-0.25, -0.2) is 4.79 Å². The molecule has 7 nitrogen and oxygen atoms in total. The van der Waals surface area contributed by atoms with Gasteiger partial charge in [0.05, 0.1) is 11.8 Å². The van der Waals surface area contributed by atoms with Gasteiger partial charge in [-0.1, -0.05) is 68.3 Å². The lowest BCUT2D eigenvalue weighted by Crippen LogP contribution is -2.54. The Morgan fingerprint density at radius 3 is 2.21 bits per heavy atom. The predicted octanol–water partition coefficient (Wildman–Crippen LogP) is 4.46. The molecule has 4 rings (SSSR count). The quantitative estimate of drug-likeness (QED) is 0.482. The van der Waals surface area contributed by atoms with Gasteiger partial charge in [-0.2, -0.15) is 0 Å². The molecule has 0 heterocycles. The second-order valence-corrected chi connectivity index (χ2v) is 9.37. The Bertz CT molecular complexity index is 1020. The van der Waals surface area contributed by atoms with Crippen molar-refractivity contribution in [3.63, 3.8) is 0 Å². The number of fused-ring (bicyclic) bond motifs is 3. The molecule has 0 bridgehead atoms. The Balaban J connectivity index is 1.34. The number of aliphatic carboxylic acids is 1. The fraction of sp³-hybridized carbons (Fsp3) is 0.444. The normalized spacial score (nSPS) is 16.5. The van der Waals surface area contributed by atoms with Crippen LogP contribution in [0.1, 0.15) is 62.5 Å². The van der Waals surface area contributed by atoms with Crippen LogP contribution in [-0.2, 0) is 14.3 Å². The van der Waals surface area contributed by atoms with Crippen LogP contribution in [0.3, 0.4) is 0 Å². The van der Waals surface area contributed by atoms with E-state index in [1.807, 2.05) is 31.2 Å². The molecule has 1 fully saturated rings. The lowest BCUT2D eigenvalue weighted by molar-refractivity contribution is -0.139. The third-order valence-electron chi connectivity index (χ3n) is 7.10. The summed E-state index contributed by atoms with van der Waals surface area (Å²) in [6.07, 6.45) is 2.96. The van der Waals surface area contributed by atoms with Gasteiger partial charge in [-0.05, 0) is 41.5 Å². The van der Waals surface area contributed by atoms with Crippen molar-refractivity contribution in [2.24, 2.45) is 5.41 Å². The molecule has 2 aromatic rings. The molecule has 2 aliphatic rings. The molecule has 3 N–H and O–H groups in total. The zero-order valence-electron chi connectivity index (χ0n) is 19.5. The van der Waals surface area contributed by atoms with E-state index in [4.69, 9.17) is 9.84 Å². The standard InChI is InChI=1S/C27H32N2O5/c1-2-8-18(15-24(30)31)29-25(32)27(13-7-14-27)17-28-26(33)34-16-23-21-11-5-3-9-19(21)20-10-4-6-12-22(20)23/h3-6,9-12,18,23H,2,7-8,13-17H2,1H3,(H,28,33)(H,29,32)(H,30,31)/t18-/m1/s1. The highest BCUT2D eigenvalue weighted by Crippen LogP contribution is 2.44. The van der Waals surface area contributed by atoms with E-state index in [9.17, 15) is 14.4 Å². The first-order valence-electron chi connectivity index (χ1n) is 12.0. The predicted molar refractivity (Wildman–Crippen MR) is 128 cm³/mol. The molecule has 0 radical (unpaired) electrons. The highest BCUT2D eigenvalue weighted by molar-refractivity contribution is 5.85. The molecule has 0 saturated heterocycles. The van der Waals surface area contributed by atoms with Gasteiger partial charge in [0.15, 0.2) is 0 Å². The highest BCUT2D eigenvalue weighted by Gasteiger charge is 2.45. The second kappa shape index (κ2) is 10.3. The minimum Gasteiger partial charge on any atom is -0.481 e. The largest absolute Gasteiger partial charge is 0.481 e. The van der Waals surface area contributed by atoms with Crippen LogP contribution in [0.15, 0.2) is 48.5 Å². The number of carboxylic acids is 1. The van der Waals surface area contributed by atoms with Gasteiger partial charge in [0.25, 0.3) is 0 Å². The number of carboxylic acid groups (broad SMARTS) is 1. The summed E-state index contributed by atoms with van der Waals surface area (Å²) in [7, 11) is 0. The summed E-state index contributed by atoms with van der Waals surface area (Å²) in [6, 6.07) is 15.9. The molecule has 0 unspecified atom stereocenters. The summed E-state index contributed by atoms with van der Waals surface area (Å²) in [6.45, 7) is 2.36. The number of hydrogen-bond donors (Lipinski definition) is 3. The molecule has 0 aromatic heterocycles. The van der Waals surface area contributed by atoms with Crippen molar-refractivity contribution in [1.82, 2.24) is 10.6 Å². The van der Waals surface area contributed by atoms with E-state index in [1.54, 1.807) is 0 Å². The van der Waals surface area contributed by atoms with E-state index in [-0.39, 0.29) is 31.4 Å². The molecule has 0 spiro atoms. The molecule has 7 heteroatoms. The first-order valence-corrected chi connectivity index (χ1v) is 12.0. The molecular weight excluding hydrogens is 432 g/mol. The molecular formula is C27H32N2O5. The maximum atomic E-state index is 13.0. The van der Waals surface area contributed by atoms with Crippen molar-refractivity contribution in [2.45, 2.75) is 57.4 Å². The van der Waals surface area contributed by atoms with Crippen molar-refractivity contribution >= 4 is 18.0 Å². The second-order valence-electron chi connectivity index (χ2n) is 9.37. The van der Waals surface area contributed by atoms with Crippen LogP contribution in [-0.4, -0.2) is 42.3 Å². The van der Waals surface area contributed by atoms with Crippen molar-refractivity contribution in [1.29, 1.82) is 0 Å². The third kappa shape index (κ3) is 4.93. The van der Waals surface area contributed by atoms with E-state index in [0.717, 1.165) is 24.0 Å². The van der Waals surface area contributed by atoms with E-state index < -0.39 is 23.5 Å². The molecule has 0 aliphatic heterocycles. The smallest absolute Gasteiger partial charge is 0.407 e. The van der Waals surface area contributed by atoms with E-state index >= 15 is 0 Å². The molecule has 1 atom stereocenters. The topological polar surface area (TPSA) is 105 Å². The van der Waals surface area contributed by atoms with Crippen molar-refractivity contribution < 1.29 is 24.2 Å². The summed E-state index contributed by atoms with van der Waals surface area (Å²) in [5, 5.41) is 14.8. The number of alkyl carbamates (subject to hydrolysis) is 1. The Hall–Kier alpha value is -3.35. The molecule has 34 heavy (non-hydrogen) atoms. The average molecular weight is 465 g/mol. The molecule has 2 aromatic carbocycles. The number of carbonyl (C=O) groups excluding carboxylic acids is 2. The molecule has 1 saturated carbocycles. The lowest BCUT2D eigenvalue weighted by atomic mass is 9.68. The molecule has 180 valence electrons. The van der Waals surface area contributed by atoms with Gasteiger partial charge in [0.2, 0.25) is 5.91 Å². The molecule has 2 aliphatic carbocycles. The molecule has 2 amide bonds. The number of amides is 2. The van der Waals surface area contributed by atoms with Gasteiger partial charge in [-0.3, -0.25) is 9.59 Å². The van der Waals surface area contributed by atoms with Crippen LogP contribution in [0.5, 0.6) is 0 Å². The monoisotopic (exact) mass is 464 g/mol. The van der Waals surface area contributed by atoms with Crippen molar-refractivity contribution in [2.75, 3.05) is 13.2 Å². The number of benzene rings is 2. The van der Waals surface area contributed by atoms with Crippen LogP contribution in [0.4, 0.5) is 4.79 Å². The van der Waals surface area contributed by atoms with Gasteiger partial charge in [0, 0.05) is 18.5 Å². The van der Waals surface area contributed by atoms with Gasteiger partial charge >= 0.3 is 12.1 Å². The Labute approximate surface area is 199 Å². The number of ether oxygens (including phenoxy) is 1. The fourth-order valence-corrected chi connectivity index (χ4v) is 5.10. The maximum Gasteiger partial charge on any atom is 0.407 e. The maximum absolute atomic E-state index is 13.0. The van der Waals surface area contributed by atoms with Crippen molar-refractivity contribution in [3.05, 3.63) is 59.7 Å². The summed E-state index contributed by atoms with van der Waals surface area (Å²) in [5.74, 6) is -1.14. The summed E-state index contributed by atoms with van der Waals surface area (Å²) < 4.78 is 5.60. The lowest BCUT2D eigenvalue weighted by Gasteiger charge is -2.41. The van der Waals surface area contributed by atoms with Crippen LogP contribution in [0, 0.1) is 5.41 Å². The van der Waals surface area contributed by atoms with E-state index in [0.29, 0.717) is 19.3 Å². The minimum absolute atomic E-state index is 0.0232. The van der Waals surface area contributed by atoms with Crippen LogP contribution < -0.4 is 10.6 Å². The Kier molecular flexibility index (Phi) is 7.20. The Morgan fingerprint density at radius 2 is 1.68 bits per heavy atom. The first-order chi connectivity index (χ1) is 16.4. The first kappa shape index (κ1) is 23.8. The zero-order valence-corrected chi connectivity index (χ0v) is 19.5. The Morgan fingerprint density at radius 1 is 1.06 bits per heavy atom. The number of carbonyl (C=O) groups is 3.